The van der Waals surface area contributed by atoms with Crippen molar-refractivity contribution < 1.29 is 14.3 Å². The molecule has 0 aliphatic rings. The second-order valence-electron chi connectivity index (χ2n) is 5.23. The van der Waals surface area contributed by atoms with Crippen LogP contribution in [0.2, 0.25) is 0 Å². The van der Waals surface area contributed by atoms with Crippen molar-refractivity contribution in [3.05, 3.63) is 0 Å². The fourth-order valence-electron chi connectivity index (χ4n) is 1.90. The molecule has 0 aromatic heterocycles. The van der Waals surface area contributed by atoms with Crippen molar-refractivity contribution in [3.8, 4) is 0 Å². The molecule has 0 heterocycles. The SMILES string of the molecule is CCCCCC(CCCC)COC(=O)OC(C)C. The molecule has 0 radical (unpaired) electrons. The highest BCUT2D eigenvalue weighted by Gasteiger charge is 2.13. The Morgan fingerprint density at radius 1 is 1.00 bits per heavy atom. The Kier molecular flexibility index (Phi) is 10.9. The Balaban J connectivity index is 3.86. The number of rotatable bonds is 10. The summed E-state index contributed by atoms with van der Waals surface area (Å²) in [6.45, 7) is 8.57. The maximum absolute atomic E-state index is 11.3. The van der Waals surface area contributed by atoms with Gasteiger partial charge in [0, 0.05) is 0 Å². The lowest BCUT2D eigenvalue weighted by Gasteiger charge is -2.17. The Morgan fingerprint density at radius 3 is 2.17 bits per heavy atom. The van der Waals surface area contributed by atoms with Gasteiger partial charge in [-0.1, -0.05) is 46.0 Å². The molecule has 0 spiro atoms. The molecule has 1 unspecified atom stereocenters. The van der Waals surface area contributed by atoms with Crippen LogP contribution in [0.4, 0.5) is 4.79 Å². The lowest BCUT2D eigenvalue weighted by molar-refractivity contribution is 0.0234. The fraction of sp³-hybridized carbons (Fsp3) is 0.933. The summed E-state index contributed by atoms with van der Waals surface area (Å²) in [5.41, 5.74) is 0. The van der Waals surface area contributed by atoms with Gasteiger partial charge in [-0.05, 0) is 32.6 Å². The summed E-state index contributed by atoms with van der Waals surface area (Å²) in [7, 11) is 0. The van der Waals surface area contributed by atoms with Gasteiger partial charge in [0.2, 0.25) is 0 Å². The molecule has 0 saturated heterocycles. The smallest absolute Gasteiger partial charge is 0.434 e. The predicted molar refractivity (Wildman–Crippen MR) is 74.7 cm³/mol. The average Bonchev–Trinajstić information content (AvgIpc) is 2.31. The first-order chi connectivity index (χ1) is 8.60. The van der Waals surface area contributed by atoms with E-state index in [9.17, 15) is 4.79 Å². The minimum atomic E-state index is -0.526. The third-order valence-electron chi connectivity index (χ3n) is 2.95. The molecule has 0 amide bonds. The number of carbonyl (C=O) groups is 1. The zero-order chi connectivity index (χ0) is 13.8. The molecule has 3 heteroatoms. The van der Waals surface area contributed by atoms with Crippen LogP contribution < -0.4 is 0 Å². The summed E-state index contributed by atoms with van der Waals surface area (Å²) in [6, 6.07) is 0. The van der Waals surface area contributed by atoms with E-state index < -0.39 is 6.16 Å². The van der Waals surface area contributed by atoms with Crippen molar-refractivity contribution in [1.29, 1.82) is 0 Å². The van der Waals surface area contributed by atoms with E-state index in [1.807, 2.05) is 13.8 Å². The molecule has 18 heavy (non-hydrogen) atoms. The molecule has 0 bridgehead atoms. The van der Waals surface area contributed by atoms with Crippen LogP contribution in [0.25, 0.3) is 0 Å². The monoisotopic (exact) mass is 258 g/mol. The first-order valence-corrected chi connectivity index (χ1v) is 7.43. The molecule has 0 rings (SSSR count). The van der Waals surface area contributed by atoms with Crippen LogP contribution in [0.1, 0.15) is 72.6 Å². The lowest BCUT2D eigenvalue weighted by atomic mass is 9.96. The molecule has 1 atom stereocenters. The number of carbonyl (C=O) groups excluding carboxylic acids is 1. The van der Waals surface area contributed by atoms with E-state index in [2.05, 4.69) is 13.8 Å². The van der Waals surface area contributed by atoms with Crippen molar-refractivity contribution in [2.45, 2.75) is 78.7 Å². The fourth-order valence-corrected chi connectivity index (χ4v) is 1.90. The molecule has 0 fully saturated rings. The van der Waals surface area contributed by atoms with Crippen molar-refractivity contribution in [2.24, 2.45) is 5.92 Å². The molecule has 0 aromatic carbocycles. The molecular formula is C15H30O3. The van der Waals surface area contributed by atoms with Gasteiger partial charge in [0.15, 0.2) is 0 Å². The topological polar surface area (TPSA) is 35.5 Å². The van der Waals surface area contributed by atoms with Crippen LogP contribution in [0.5, 0.6) is 0 Å². The summed E-state index contributed by atoms with van der Waals surface area (Å²) < 4.78 is 10.2. The van der Waals surface area contributed by atoms with Crippen LogP contribution in [0, 0.1) is 5.92 Å². The largest absolute Gasteiger partial charge is 0.508 e. The van der Waals surface area contributed by atoms with Crippen LogP contribution in [-0.2, 0) is 9.47 Å². The van der Waals surface area contributed by atoms with Crippen molar-refractivity contribution in [3.63, 3.8) is 0 Å². The van der Waals surface area contributed by atoms with E-state index in [1.54, 1.807) is 0 Å². The molecule has 0 N–H and O–H groups in total. The predicted octanol–water partition coefficient (Wildman–Crippen LogP) is 4.93. The summed E-state index contributed by atoms with van der Waals surface area (Å²) in [4.78, 5) is 11.3. The van der Waals surface area contributed by atoms with Crippen LogP contribution in [-0.4, -0.2) is 18.9 Å². The number of unbranched alkanes of at least 4 members (excludes halogenated alkanes) is 3. The molecule has 0 aromatic rings. The Hall–Kier alpha value is -0.730. The minimum Gasteiger partial charge on any atom is -0.434 e. The van der Waals surface area contributed by atoms with Crippen LogP contribution in [0.3, 0.4) is 0 Å². The van der Waals surface area contributed by atoms with E-state index in [1.165, 1.54) is 32.1 Å². The maximum atomic E-state index is 11.3. The highest BCUT2D eigenvalue weighted by Crippen LogP contribution is 2.17. The molecule has 3 nitrogen and oxygen atoms in total. The standard InChI is InChI=1S/C15H30O3/c1-5-7-9-11-14(10-8-6-2)12-17-15(16)18-13(3)4/h13-14H,5-12H2,1-4H3. The summed E-state index contributed by atoms with van der Waals surface area (Å²) in [6.07, 6.45) is 7.80. The number of ether oxygens (including phenoxy) is 2. The Bertz CT molecular complexity index is 202. The van der Waals surface area contributed by atoms with Crippen molar-refractivity contribution in [1.82, 2.24) is 0 Å². The van der Waals surface area contributed by atoms with Gasteiger partial charge in [0.05, 0.1) is 12.7 Å². The van der Waals surface area contributed by atoms with Gasteiger partial charge >= 0.3 is 6.16 Å². The van der Waals surface area contributed by atoms with E-state index in [0.717, 1.165) is 12.8 Å². The number of hydrogen-bond donors (Lipinski definition) is 0. The highest BCUT2D eigenvalue weighted by atomic mass is 16.7. The third kappa shape index (κ3) is 10.4. The average molecular weight is 258 g/mol. The van der Waals surface area contributed by atoms with Crippen LogP contribution >= 0.6 is 0 Å². The van der Waals surface area contributed by atoms with Gasteiger partial charge in [-0.2, -0.15) is 0 Å². The minimum absolute atomic E-state index is 0.105. The van der Waals surface area contributed by atoms with Crippen molar-refractivity contribution in [2.75, 3.05) is 6.61 Å². The van der Waals surface area contributed by atoms with Gasteiger partial charge in [-0.25, -0.2) is 4.79 Å². The summed E-state index contributed by atoms with van der Waals surface area (Å²) >= 11 is 0. The van der Waals surface area contributed by atoms with Gasteiger partial charge in [0.1, 0.15) is 0 Å². The first kappa shape index (κ1) is 17.3. The second-order valence-corrected chi connectivity index (χ2v) is 5.23. The Morgan fingerprint density at radius 2 is 1.61 bits per heavy atom. The molecule has 0 saturated carbocycles. The third-order valence-corrected chi connectivity index (χ3v) is 2.95. The molecular weight excluding hydrogens is 228 g/mol. The second kappa shape index (κ2) is 11.4. The van der Waals surface area contributed by atoms with Gasteiger partial charge < -0.3 is 9.47 Å². The molecule has 108 valence electrons. The van der Waals surface area contributed by atoms with E-state index in [-0.39, 0.29) is 6.10 Å². The molecule has 0 aliphatic heterocycles. The van der Waals surface area contributed by atoms with Crippen molar-refractivity contribution >= 4 is 6.16 Å². The van der Waals surface area contributed by atoms with E-state index in [0.29, 0.717) is 12.5 Å². The highest BCUT2D eigenvalue weighted by molar-refractivity contribution is 5.59. The Labute approximate surface area is 112 Å². The zero-order valence-electron chi connectivity index (χ0n) is 12.5. The van der Waals surface area contributed by atoms with Gasteiger partial charge in [-0.3, -0.25) is 0 Å². The first-order valence-electron chi connectivity index (χ1n) is 7.43. The molecule has 0 aliphatic carbocycles. The quantitative estimate of drug-likeness (QED) is 0.411. The van der Waals surface area contributed by atoms with Gasteiger partial charge in [-0.15, -0.1) is 0 Å². The van der Waals surface area contributed by atoms with E-state index in [4.69, 9.17) is 9.47 Å². The van der Waals surface area contributed by atoms with Crippen LogP contribution in [0.15, 0.2) is 0 Å². The summed E-state index contributed by atoms with van der Waals surface area (Å²) in [5, 5.41) is 0. The lowest BCUT2D eigenvalue weighted by Crippen LogP contribution is -2.18. The van der Waals surface area contributed by atoms with Gasteiger partial charge in [0.25, 0.3) is 0 Å². The summed E-state index contributed by atoms with van der Waals surface area (Å²) in [5.74, 6) is 0.496. The zero-order valence-corrected chi connectivity index (χ0v) is 12.5. The normalized spacial score (nSPS) is 12.5. The number of hydrogen-bond acceptors (Lipinski definition) is 3. The maximum Gasteiger partial charge on any atom is 0.508 e. The van der Waals surface area contributed by atoms with E-state index >= 15 is 0 Å².